The molecule has 0 bridgehead atoms. The van der Waals surface area contributed by atoms with Gasteiger partial charge < -0.3 is 4.90 Å². The lowest BCUT2D eigenvalue weighted by molar-refractivity contribution is -0.143. The first-order valence-corrected chi connectivity index (χ1v) is 7.72. The molecule has 0 radical (unpaired) electrons. The largest absolute Gasteiger partial charge is 0.330 e. The van der Waals surface area contributed by atoms with E-state index in [9.17, 15) is 14.4 Å². The lowest BCUT2D eigenvalue weighted by atomic mass is 9.98. The van der Waals surface area contributed by atoms with Gasteiger partial charge in [0.25, 0.3) is 0 Å². The molecule has 110 valence electrons. The topological polar surface area (TPSA) is 66.5 Å². The molecule has 0 aromatic heterocycles. The molecule has 3 amide bonds. The number of halogens is 1. The summed E-state index contributed by atoms with van der Waals surface area (Å²) in [5, 5.41) is 2.31. The summed E-state index contributed by atoms with van der Waals surface area (Å²) in [5.41, 5.74) is 1.09. The lowest BCUT2D eigenvalue weighted by Gasteiger charge is -2.29. The van der Waals surface area contributed by atoms with Crippen LogP contribution in [0, 0.1) is 0 Å². The van der Waals surface area contributed by atoms with E-state index in [-0.39, 0.29) is 23.6 Å². The molecular formula is C15H15BrN2O3. The standard InChI is InChI=1S/C15H15BrN2O3/c16-11-3-1-2-9(6-11)10-7-14(20)18(8-10)12-4-5-13(19)17-15(12)21/h1-3,6,10,12H,4-5,7-8H2,(H,17,19,21). The van der Waals surface area contributed by atoms with Crippen molar-refractivity contribution in [3.63, 3.8) is 0 Å². The first-order chi connectivity index (χ1) is 10.0. The molecule has 1 aromatic carbocycles. The fraction of sp³-hybridized carbons (Fsp3) is 0.400. The third-order valence-corrected chi connectivity index (χ3v) is 4.56. The molecule has 2 aliphatic rings. The Morgan fingerprint density at radius 3 is 2.76 bits per heavy atom. The van der Waals surface area contributed by atoms with Crippen LogP contribution in [-0.4, -0.2) is 35.2 Å². The number of imide groups is 1. The van der Waals surface area contributed by atoms with Crippen LogP contribution >= 0.6 is 15.9 Å². The van der Waals surface area contributed by atoms with Gasteiger partial charge in [-0.25, -0.2) is 0 Å². The monoisotopic (exact) mass is 350 g/mol. The molecule has 1 aromatic rings. The second-order valence-electron chi connectivity index (χ2n) is 5.47. The van der Waals surface area contributed by atoms with Crippen LogP contribution in [0.1, 0.15) is 30.7 Å². The van der Waals surface area contributed by atoms with Crippen LogP contribution in [0.2, 0.25) is 0 Å². The minimum atomic E-state index is -0.507. The van der Waals surface area contributed by atoms with Crippen LogP contribution in [0.4, 0.5) is 0 Å². The minimum absolute atomic E-state index is 0.0190. The van der Waals surface area contributed by atoms with Crippen molar-refractivity contribution in [2.75, 3.05) is 6.54 Å². The third kappa shape index (κ3) is 2.85. The summed E-state index contributed by atoms with van der Waals surface area (Å²) < 4.78 is 0.979. The average molecular weight is 351 g/mol. The maximum absolute atomic E-state index is 12.2. The summed E-state index contributed by atoms with van der Waals surface area (Å²) in [5.74, 6) is -0.532. The first-order valence-electron chi connectivity index (χ1n) is 6.93. The summed E-state index contributed by atoms with van der Waals surface area (Å²) >= 11 is 3.43. The molecule has 5 nitrogen and oxygen atoms in total. The number of carbonyl (C=O) groups excluding carboxylic acids is 3. The Morgan fingerprint density at radius 2 is 2.05 bits per heavy atom. The fourth-order valence-corrected chi connectivity index (χ4v) is 3.41. The molecule has 2 fully saturated rings. The molecule has 0 aliphatic carbocycles. The quantitative estimate of drug-likeness (QED) is 0.823. The van der Waals surface area contributed by atoms with Gasteiger partial charge in [-0.2, -0.15) is 0 Å². The molecule has 2 heterocycles. The zero-order valence-corrected chi connectivity index (χ0v) is 12.9. The number of carbonyl (C=O) groups is 3. The number of benzene rings is 1. The van der Waals surface area contributed by atoms with Crippen molar-refractivity contribution in [1.29, 1.82) is 0 Å². The van der Waals surface area contributed by atoms with Crippen LogP contribution in [0.25, 0.3) is 0 Å². The number of amides is 3. The zero-order valence-electron chi connectivity index (χ0n) is 11.3. The van der Waals surface area contributed by atoms with Crippen molar-refractivity contribution in [3.8, 4) is 0 Å². The number of likely N-dealkylation sites (tertiary alicyclic amines) is 1. The number of hydrogen-bond acceptors (Lipinski definition) is 3. The number of rotatable bonds is 2. The molecule has 6 heteroatoms. The summed E-state index contributed by atoms with van der Waals surface area (Å²) in [6.07, 6.45) is 1.12. The lowest BCUT2D eigenvalue weighted by Crippen LogP contribution is -2.52. The van der Waals surface area contributed by atoms with E-state index in [2.05, 4.69) is 21.2 Å². The molecule has 1 N–H and O–H groups in total. The van der Waals surface area contributed by atoms with Crippen LogP contribution in [-0.2, 0) is 14.4 Å². The Morgan fingerprint density at radius 1 is 1.24 bits per heavy atom. The summed E-state index contributed by atoms with van der Waals surface area (Å²) in [7, 11) is 0. The summed E-state index contributed by atoms with van der Waals surface area (Å²) in [6, 6.07) is 7.38. The van der Waals surface area contributed by atoms with Gasteiger partial charge in [-0.1, -0.05) is 28.1 Å². The predicted molar refractivity (Wildman–Crippen MR) is 79.4 cm³/mol. The normalized spacial score (nSPS) is 26.1. The molecule has 2 unspecified atom stereocenters. The van der Waals surface area contributed by atoms with Gasteiger partial charge >= 0.3 is 0 Å². The van der Waals surface area contributed by atoms with Crippen molar-refractivity contribution < 1.29 is 14.4 Å². The summed E-state index contributed by atoms with van der Waals surface area (Å²) in [4.78, 5) is 36.9. The van der Waals surface area contributed by atoms with E-state index < -0.39 is 6.04 Å². The number of nitrogens with zero attached hydrogens (tertiary/aromatic N) is 1. The van der Waals surface area contributed by atoms with Crippen molar-refractivity contribution in [2.45, 2.75) is 31.2 Å². The highest BCUT2D eigenvalue weighted by atomic mass is 79.9. The smallest absolute Gasteiger partial charge is 0.249 e. The molecule has 21 heavy (non-hydrogen) atoms. The number of hydrogen-bond donors (Lipinski definition) is 1. The van der Waals surface area contributed by atoms with Crippen molar-refractivity contribution in [3.05, 3.63) is 34.3 Å². The first kappa shape index (κ1) is 14.3. The van der Waals surface area contributed by atoms with Gasteiger partial charge in [0.1, 0.15) is 6.04 Å². The molecule has 2 saturated heterocycles. The van der Waals surface area contributed by atoms with E-state index in [1.54, 1.807) is 4.90 Å². The zero-order chi connectivity index (χ0) is 15.0. The van der Waals surface area contributed by atoms with Gasteiger partial charge in [-0.15, -0.1) is 0 Å². The van der Waals surface area contributed by atoms with Gasteiger partial charge in [0.15, 0.2) is 0 Å². The highest BCUT2D eigenvalue weighted by Crippen LogP contribution is 2.32. The van der Waals surface area contributed by atoms with Crippen LogP contribution in [0.5, 0.6) is 0 Å². The van der Waals surface area contributed by atoms with Crippen molar-refractivity contribution in [2.24, 2.45) is 0 Å². The minimum Gasteiger partial charge on any atom is -0.330 e. The van der Waals surface area contributed by atoms with Crippen LogP contribution in [0.3, 0.4) is 0 Å². The number of nitrogens with one attached hydrogen (secondary N) is 1. The SMILES string of the molecule is O=C1CCC(N2CC(c3cccc(Br)c3)CC2=O)C(=O)N1. The predicted octanol–water partition coefficient (Wildman–Crippen LogP) is 1.57. The Labute approximate surface area is 130 Å². The van der Waals surface area contributed by atoms with Crippen molar-refractivity contribution >= 4 is 33.7 Å². The van der Waals surface area contributed by atoms with Crippen molar-refractivity contribution in [1.82, 2.24) is 10.2 Å². The highest BCUT2D eigenvalue weighted by Gasteiger charge is 2.40. The van der Waals surface area contributed by atoms with Gasteiger partial charge in [0.05, 0.1) is 0 Å². The Balaban J connectivity index is 1.76. The van der Waals surface area contributed by atoms with Crippen LogP contribution < -0.4 is 5.32 Å². The van der Waals surface area contributed by atoms with E-state index in [0.29, 0.717) is 25.8 Å². The van der Waals surface area contributed by atoms with Gasteiger partial charge in [0, 0.05) is 29.8 Å². The molecule has 3 rings (SSSR count). The van der Waals surface area contributed by atoms with E-state index in [1.807, 2.05) is 24.3 Å². The van der Waals surface area contributed by atoms with Gasteiger partial charge in [-0.3, -0.25) is 19.7 Å². The second-order valence-corrected chi connectivity index (χ2v) is 6.38. The Hall–Kier alpha value is -1.69. The molecular weight excluding hydrogens is 336 g/mol. The third-order valence-electron chi connectivity index (χ3n) is 4.06. The highest BCUT2D eigenvalue weighted by molar-refractivity contribution is 9.10. The Kier molecular flexibility index (Phi) is 3.80. The molecule has 0 saturated carbocycles. The molecule has 2 atom stereocenters. The molecule has 0 spiro atoms. The van der Waals surface area contributed by atoms with E-state index in [1.165, 1.54) is 0 Å². The van der Waals surface area contributed by atoms with Gasteiger partial charge in [0.2, 0.25) is 17.7 Å². The Bertz CT molecular complexity index is 617. The van der Waals surface area contributed by atoms with Gasteiger partial charge in [-0.05, 0) is 24.1 Å². The second kappa shape index (κ2) is 5.60. The average Bonchev–Trinajstić information content (AvgIpc) is 2.81. The van der Waals surface area contributed by atoms with E-state index in [4.69, 9.17) is 0 Å². The summed E-state index contributed by atoms with van der Waals surface area (Å²) in [6.45, 7) is 0.529. The number of piperidine rings is 1. The fourth-order valence-electron chi connectivity index (χ4n) is 3.00. The van der Waals surface area contributed by atoms with E-state index in [0.717, 1.165) is 10.0 Å². The maximum Gasteiger partial charge on any atom is 0.249 e. The molecule has 2 aliphatic heterocycles. The maximum atomic E-state index is 12.2. The van der Waals surface area contributed by atoms with Crippen LogP contribution in [0.15, 0.2) is 28.7 Å². The van der Waals surface area contributed by atoms with E-state index >= 15 is 0 Å².